The Hall–Kier alpha value is -1.05. The van der Waals surface area contributed by atoms with E-state index in [-0.39, 0.29) is 11.4 Å². The molecule has 0 unspecified atom stereocenters. The quantitative estimate of drug-likeness (QED) is 0.651. The molecule has 0 aromatic carbocycles. The molecule has 1 aromatic heterocycles. The topological polar surface area (TPSA) is 38.9 Å². The van der Waals surface area contributed by atoms with E-state index in [1.54, 1.807) is 0 Å². The Kier molecular flexibility index (Phi) is 0.598. The summed E-state index contributed by atoms with van der Waals surface area (Å²) < 4.78 is 51.3. The number of anilines is 1. The summed E-state index contributed by atoms with van der Waals surface area (Å²) in [7, 11) is 0. The number of aromatic nitrogens is 1. The van der Waals surface area contributed by atoms with E-state index in [0.29, 0.717) is 0 Å². The van der Waals surface area contributed by atoms with E-state index in [9.17, 15) is 0 Å². The minimum atomic E-state index is -3.01. The van der Waals surface area contributed by atoms with Gasteiger partial charge in [0.15, 0.2) is 0 Å². The van der Waals surface area contributed by atoms with Gasteiger partial charge in [-0.2, -0.15) is 0 Å². The fourth-order valence-electron chi connectivity index (χ4n) is 0.553. The molecule has 2 nitrogen and oxygen atoms in total. The van der Waals surface area contributed by atoms with Gasteiger partial charge < -0.3 is 5.73 Å². The average Bonchev–Trinajstić information content (AvgIpc) is 2.14. The molecule has 10 heavy (non-hydrogen) atoms. The predicted molar refractivity (Wildman–Crippen MR) is 42.7 cm³/mol. The zero-order chi connectivity index (χ0) is 13.5. The van der Waals surface area contributed by atoms with Crippen molar-refractivity contribution < 1.29 is 9.60 Å². The van der Waals surface area contributed by atoms with Crippen molar-refractivity contribution in [3.05, 3.63) is 24.0 Å². The van der Waals surface area contributed by atoms with Crippen LogP contribution in [0.5, 0.6) is 0 Å². The highest BCUT2D eigenvalue weighted by Gasteiger charge is 1.97. The summed E-state index contributed by atoms with van der Waals surface area (Å²) in [5.41, 5.74) is 5.31. The van der Waals surface area contributed by atoms with Gasteiger partial charge in [-0.15, -0.1) is 0 Å². The largest absolute Gasteiger partial charge is 0.397 e. The third-order valence-corrected chi connectivity index (χ3v) is 1.04. The molecule has 1 aromatic rings. The number of nitrogens with zero attached hydrogens (tertiary/aromatic N) is 1. The number of pyridine rings is 1. The molecule has 0 amide bonds. The second kappa shape index (κ2) is 2.69. The second-order valence-electron chi connectivity index (χ2n) is 1.85. The molecule has 1 rings (SSSR count). The Balaban J connectivity index is 3.41. The monoisotopic (exact) mass is 143 g/mol. The van der Waals surface area contributed by atoms with Crippen LogP contribution < -0.4 is 5.73 Å². The molecule has 0 aliphatic carbocycles. The van der Waals surface area contributed by atoms with Crippen LogP contribution in [0.15, 0.2) is 18.3 Å². The molecule has 0 bridgehead atoms. The van der Waals surface area contributed by atoms with E-state index in [4.69, 9.17) is 15.3 Å². The Morgan fingerprint density at radius 1 is 1.70 bits per heavy atom. The molecule has 0 saturated heterocycles. The van der Waals surface area contributed by atoms with Crippen molar-refractivity contribution in [2.45, 2.75) is 19.6 Å². The minimum Gasteiger partial charge on any atom is -0.397 e. The van der Waals surface area contributed by atoms with Crippen molar-refractivity contribution in [3.63, 3.8) is 0 Å². The second-order valence-corrected chi connectivity index (χ2v) is 1.85. The SMILES string of the molecule is [2H]C([2H])([2H])C([2H])(c1ccc(N)cn1)C([2H])([2H])[2H]. The molecule has 0 fully saturated rings. The van der Waals surface area contributed by atoms with Crippen LogP contribution in [-0.4, -0.2) is 4.98 Å². The predicted octanol–water partition coefficient (Wildman–Crippen LogP) is 1.79. The van der Waals surface area contributed by atoms with E-state index in [1.165, 1.54) is 6.07 Å². The maximum absolute atomic E-state index is 7.81. The number of hydrogen-bond donors (Lipinski definition) is 1. The summed E-state index contributed by atoms with van der Waals surface area (Å²) in [4.78, 5) is 3.65. The van der Waals surface area contributed by atoms with Crippen molar-refractivity contribution in [2.75, 3.05) is 5.73 Å². The third-order valence-electron chi connectivity index (χ3n) is 1.04. The molecular weight excluding hydrogens is 124 g/mol. The first-order valence-corrected chi connectivity index (χ1v) is 2.72. The first-order valence-electron chi connectivity index (χ1n) is 6.22. The molecule has 0 radical (unpaired) electrons. The summed E-state index contributed by atoms with van der Waals surface area (Å²) in [6.07, 6.45) is 1.14. The van der Waals surface area contributed by atoms with Gasteiger partial charge in [-0.05, 0) is 18.0 Å². The van der Waals surface area contributed by atoms with Crippen LogP contribution in [0.4, 0.5) is 5.69 Å². The third kappa shape index (κ3) is 1.47. The van der Waals surface area contributed by atoms with Crippen molar-refractivity contribution in [2.24, 2.45) is 0 Å². The van der Waals surface area contributed by atoms with Crippen LogP contribution in [0.1, 0.15) is 34.9 Å². The molecule has 2 heteroatoms. The first kappa shape index (κ1) is 2.22. The normalized spacial score (nSPS) is 24.2. The maximum Gasteiger partial charge on any atom is 0.0501 e. The first-order chi connectivity index (χ1) is 7.50. The highest BCUT2D eigenvalue weighted by atomic mass is 14.7. The molecule has 0 aliphatic rings. The fraction of sp³-hybridized carbons (Fsp3) is 0.375. The number of nitrogens with two attached hydrogens (primary N) is 1. The lowest BCUT2D eigenvalue weighted by Gasteiger charge is -2.02. The summed E-state index contributed by atoms with van der Waals surface area (Å²) in [6.45, 7) is -6.03. The number of hydrogen-bond acceptors (Lipinski definition) is 2. The molecule has 54 valence electrons. The van der Waals surface area contributed by atoms with Gasteiger partial charge in [0, 0.05) is 15.3 Å². The smallest absolute Gasteiger partial charge is 0.0501 e. The Bertz CT molecular complexity index is 378. The molecule has 1 heterocycles. The van der Waals surface area contributed by atoms with Crippen molar-refractivity contribution in [1.29, 1.82) is 0 Å². The van der Waals surface area contributed by atoms with E-state index in [0.717, 1.165) is 12.3 Å². The highest BCUT2D eigenvalue weighted by Crippen LogP contribution is 2.11. The molecule has 0 aliphatic heterocycles. The van der Waals surface area contributed by atoms with E-state index in [1.807, 2.05) is 0 Å². The van der Waals surface area contributed by atoms with Crippen LogP contribution >= 0.6 is 0 Å². The summed E-state index contributed by atoms with van der Waals surface area (Å²) in [6, 6.07) is 2.48. The van der Waals surface area contributed by atoms with Crippen molar-refractivity contribution in [3.8, 4) is 0 Å². The highest BCUT2D eigenvalue weighted by molar-refractivity contribution is 5.34. The van der Waals surface area contributed by atoms with Crippen LogP contribution in [0.25, 0.3) is 0 Å². The van der Waals surface area contributed by atoms with Crippen molar-refractivity contribution in [1.82, 2.24) is 4.98 Å². The van der Waals surface area contributed by atoms with Gasteiger partial charge >= 0.3 is 0 Å². The Morgan fingerprint density at radius 2 is 2.50 bits per heavy atom. The molecule has 0 saturated carbocycles. The van der Waals surface area contributed by atoms with Crippen molar-refractivity contribution >= 4 is 5.69 Å². The Labute approximate surface area is 70.9 Å². The lowest BCUT2D eigenvalue weighted by molar-refractivity contribution is 0.823. The van der Waals surface area contributed by atoms with Crippen LogP contribution in [0.2, 0.25) is 0 Å². The standard InChI is InChI=1S/C8H12N2/c1-6(2)8-4-3-7(9)5-10-8/h3-6H,9H2,1-2H3/i1D3,2D3,6D. The molecule has 0 atom stereocenters. The van der Waals surface area contributed by atoms with E-state index in [2.05, 4.69) is 4.98 Å². The Morgan fingerprint density at radius 3 is 3.00 bits per heavy atom. The summed E-state index contributed by atoms with van der Waals surface area (Å²) in [5, 5.41) is 0. The van der Waals surface area contributed by atoms with Crippen LogP contribution in [-0.2, 0) is 0 Å². The fourth-order valence-corrected chi connectivity index (χ4v) is 0.553. The van der Waals surface area contributed by atoms with Gasteiger partial charge in [-0.3, -0.25) is 4.98 Å². The molecule has 2 N–H and O–H groups in total. The van der Waals surface area contributed by atoms with Gasteiger partial charge in [0.25, 0.3) is 0 Å². The molecule has 0 spiro atoms. The van der Waals surface area contributed by atoms with Gasteiger partial charge in [-0.1, -0.05) is 13.7 Å². The minimum absolute atomic E-state index is 0.271. The van der Waals surface area contributed by atoms with Gasteiger partial charge in [-0.25, -0.2) is 0 Å². The molecular formula is C8H12N2. The number of rotatable bonds is 1. The summed E-state index contributed by atoms with van der Waals surface area (Å²) >= 11 is 0. The van der Waals surface area contributed by atoms with Gasteiger partial charge in [0.1, 0.15) is 0 Å². The zero-order valence-corrected chi connectivity index (χ0v) is 5.26. The van der Waals surface area contributed by atoms with Crippen LogP contribution in [0.3, 0.4) is 0 Å². The van der Waals surface area contributed by atoms with E-state index >= 15 is 0 Å². The zero-order valence-electron chi connectivity index (χ0n) is 12.3. The van der Waals surface area contributed by atoms with Gasteiger partial charge in [0.05, 0.1) is 11.9 Å². The lowest BCUT2D eigenvalue weighted by atomic mass is 10.1. The average molecular weight is 143 g/mol. The number of nitrogen functional groups attached to an aromatic ring is 1. The maximum atomic E-state index is 7.81. The van der Waals surface area contributed by atoms with E-state index < -0.39 is 19.6 Å². The van der Waals surface area contributed by atoms with Crippen LogP contribution in [0, 0.1) is 0 Å². The lowest BCUT2D eigenvalue weighted by Crippen LogP contribution is -1.93. The summed E-state index contributed by atoms with van der Waals surface area (Å²) in [5.74, 6) is -2.76. The van der Waals surface area contributed by atoms with Gasteiger partial charge in [0.2, 0.25) is 0 Å².